The van der Waals surface area contributed by atoms with Crippen LogP contribution in [-0.2, 0) is 10.4 Å². The van der Waals surface area contributed by atoms with Crippen LogP contribution in [0.25, 0.3) is 0 Å². The molecule has 1 amide bonds. The lowest BCUT2D eigenvalue weighted by atomic mass is 9.84. The van der Waals surface area contributed by atoms with Crippen molar-refractivity contribution in [3.05, 3.63) is 65.2 Å². The molecule has 4 nitrogen and oxygen atoms in total. The van der Waals surface area contributed by atoms with Crippen molar-refractivity contribution in [1.82, 2.24) is 4.90 Å². The van der Waals surface area contributed by atoms with Crippen molar-refractivity contribution in [2.75, 3.05) is 25.0 Å². The van der Waals surface area contributed by atoms with Gasteiger partial charge in [0.2, 0.25) is 5.91 Å². The van der Waals surface area contributed by atoms with Crippen LogP contribution >= 0.6 is 0 Å². The van der Waals surface area contributed by atoms with E-state index in [1.54, 1.807) is 0 Å². The van der Waals surface area contributed by atoms with Crippen LogP contribution in [0.3, 0.4) is 0 Å². The van der Waals surface area contributed by atoms with E-state index in [1.807, 2.05) is 36.4 Å². The summed E-state index contributed by atoms with van der Waals surface area (Å²) in [4.78, 5) is 14.7. The van der Waals surface area contributed by atoms with Gasteiger partial charge < -0.3 is 10.4 Å². The Morgan fingerprint density at radius 1 is 1.00 bits per heavy atom. The first-order valence-electron chi connectivity index (χ1n) is 11.4. The zero-order valence-corrected chi connectivity index (χ0v) is 18.1. The molecule has 30 heavy (non-hydrogen) atoms. The van der Waals surface area contributed by atoms with E-state index in [4.69, 9.17) is 0 Å². The zero-order chi connectivity index (χ0) is 21.0. The molecule has 0 spiro atoms. The van der Waals surface area contributed by atoms with Gasteiger partial charge >= 0.3 is 0 Å². The molecule has 160 valence electrons. The maximum atomic E-state index is 12.5. The highest BCUT2D eigenvalue weighted by molar-refractivity contribution is 5.92. The van der Waals surface area contributed by atoms with E-state index in [0.29, 0.717) is 25.3 Å². The van der Waals surface area contributed by atoms with Gasteiger partial charge in [0.25, 0.3) is 0 Å². The lowest BCUT2D eigenvalue weighted by Gasteiger charge is -2.38. The Morgan fingerprint density at radius 3 is 2.27 bits per heavy atom. The molecule has 1 aliphatic heterocycles. The van der Waals surface area contributed by atoms with Crippen LogP contribution in [0.2, 0.25) is 0 Å². The predicted molar refractivity (Wildman–Crippen MR) is 122 cm³/mol. The molecule has 4 rings (SSSR count). The molecule has 2 aromatic carbocycles. The van der Waals surface area contributed by atoms with Crippen molar-refractivity contribution < 1.29 is 9.90 Å². The molecule has 0 atom stereocenters. The number of anilines is 1. The van der Waals surface area contributed by atoms with Crippen molar-refractivity contribution in [3.63, 3.8) is 0 Å². The predicted octanol–water partition coefficient (Wildman–Crippen LogP) is 4.96. The summed E-state index contributed by atoms with van der Waals surface area (Å²) in [6, 6.07) is 16.6. The summed E-state index contributed by atoms with van der Waals surface area (Å²) in [6.07, 6.45) is 7.91. The molecule has 1 saturated carbocycles. The van der Waals surface area contributed by atoms with E-state index in [0.717, 1.165) is 24.3 Å². The minimum Gasteiger partial charge on any atom is -0.385 e. The van der Waals surface area contributed by atoms with E-state index in [-0.39, 0.29) is 5.91 Å². The van der Waals surface area contributed by atoms with Gasteiger partial charge in [-0.1, -0.05) is 61.2 Å². The summed E-state index contributed by atoms with van der Waals surface area (Å²) in [5.41, 5.74) is 3.67. The number of carbonyl (C=O) groups is 1. The van der Waals surface area contributed by atoms with E-state index >= 15 is 0 Å². The smallest absolute Gasteiger partial charge is 0.238 e. The van der Waals surface area contributed by atoms with E-state index in [1.165, 1.54) is 43.2 Å². The molecule has 1 saturated heterocycles. The number of rotatable bonds is 5. The molecule has 0 radical (unpaired) electrons. The molecule has 4 heteroatoms. The van der Waals surface area contributed by atoms with E-state index < -0.39 is 5.60 Å². The van der Waals surface area contributed by atoms with Crippen molar-refractivity contribution >= 4 is 11.6 Å². The van der Waals surface area contributed by atoms with Gasteiger partial charge in [0.1, 0.15) is 0 Å². The quantitative estimate of drug-likeness (QED) is 0.737. The van der Waals surface area contributed by atoms with Crippen LogP contribution in [0, 0.1) is 6.92 Å². The average molecular weight is 407 g/mol. The SMILES string of the molecule is Cc1ccc(C2(O)CCN(CC(=O)Nc3ccc(C4CCCCC4)cc3)CC2)cc1. The normalized spacial score (nSPS) is 20.1. The maximum Gasteiger partial charge on any atom is 0.238 e. The van der Waals surface area contributed by atoms with Gasteiger partial charge in [-0.05, 0) is 61.8 Å². The van der Waals surface area contributed by atoms with Crippen LogP contribution in [-0.4, -0.2) is 35.5 Å². The van der Waals surface area contributed by atoms with E-state index in [2.05, 4.69) is 29.3 Å². The average Bonchev–Trinajstić information content (AvgIpc) is 2.77. The lowest BCUT2D eigenvalue weighted by molar-refractivity contribution is -0.118. The Hall–Kier alpha value is -2.17. The highest BCUT2D eigenvalue weighted by Crippen LogP contribution is 2.34. The standard InChI is InChI=1S/C26H34N2O2/c1-20-7-11-23(12-8-20)26(30)15-17-28(18-16-26)19-25(29)27-24-13-9-22(10-14-24)21-5-3-2-4-6-21/h7-14,21,30H,2-6,15-19H2,1H3,(H,27,29). The van der Waals surface area contributed by atoms with Crippen LogP contribution in [0.4, 0.5) is 5.69 Å². The number of likely N-dealkylation sites (tertiary alicyclic amines) is 1. The van der Waals surface area contributed by atoms with Crippen molar-refractivity contribution in [1.29, 1.82) is 0 Å². The fourth-order valence-electron chi connectivity index (χ4n) is 4.91. The van der Waals surface area contributed by atoms with Crippen molar-refractivity contribution in [3.8, 4) is 0 Å². The fourth-order valence-corrected chi connectivity index (χ4v) is 4.91. The third kappa shape index (κ3) is 5.11. The molecular weight excluding hydrogens is 372 g/mol. The van der Waals surface area contributed by atoms with Gasteiger partial charge in [0.15, 0.2) is 0 Å². The zero-order valence-electron chi connectivity index (χ0n) is 18.1. The highest BCUT2D eigenvalue weighted by Gasteiger charge is 2.34. The first kappa shape index (κ1) is 21.1. The summed E-state index contributed by atoms with van der Waals surface area (Å²) in [7, 11) is 0. The topological polar surface area (TPSA) is 52.6 Å². The largest absolute Gasteiger partial charge is 0.385 e. The molecule has 0 bridgehead atoms. The van der Waals surface area contributed by atoms with Gasteiger partial charge in [-0.25, -0.2) is 0 Å². The minimum absolute atomic E-state index is 0.0150. The monoisotopic (exact) mass is 406 g/mol. The number of nitrogens with one attached hydrogen (secondary N) is 1. The number of aliphatic hydroxyl groups is 1. The molecule has 0 unspecified atom stereocenters. The molecular formula is C26H34N2O2. The Balaban J connectivity index is 1.26. The second kappa shape index (κ2) is 9.32. The van der Waals surface area contributed by atoms with Gasteiger partial charge in [0.05, 0.1) is 12.1 Å². The second-order valence-corrected chi connectivity index (χ2v) is 9.18. The Morgan fingerprint density at radius 2 is 1.63 bits per heavy atom. The summed E-state index contributed by atoms with van der Waals surface area (Å²) < 4.78 is 0. The van der Waals surface area contributed by atoms with Crippen LogP contribution in [0.5, 0.6) is 0 Å². The molecule has 2 aromatic rings. The van der Waals surface area contributed by atoms with Crippen LogP contribution in [0.1, 0.15) is 67.6 Å². The lowest BCUT2D eigenvalue weighted by Crippen LogP contribution is -2.45. The Labute approximate surface area is 180 Å². The second-order valence-electron chi connectivity index (χ2n) is 9.18. The molecule has 0 aromatic heterocycles. The number of amides is 1. The third-order valence-electron chi connectivity index (χ3n) is 6.91. The third-order valence-corrected chi connectivity index (χ3v) is 6.91. The first-order valence-corrected chi connectivity index (χ1v) is 11.4. The number of hydrogen-bond donors (Lipinski definition) is 2. The number of carbonyl (C=O) groups excluding carboxylic acids is 1. The number of nitrogens with zero attached hydrogens (tertiary/aromatic N) is 1. The van der Waals surface area contributed by atoms with Gasteiger partial charge in [-0.15, -0.1) is 0 Å². The van der Waals surface area contributed by atoms with E-state index in [9.17, 15) is 9.90 Å². The van der Waals surface area contributed by atoms with Gasteiger partial charge in [-0.2, -0.15) is 0 Å². The van der Waals surface area contributed by atoms with Crippen LogP contribution in [0.15, 0.2) is 48.5 Å². The van der Waals surface area contributed by atoms with Crippen molar-refractivity contribution in [2.45, 2.75) is 63.4 Å². The number of hydrogen-bond acceptors (Lipinski definition) is 3. The Bertz CT molecular complexity index is 830. The molecule has 2 aliphatic rings. The number of piperidine rings is 1. The number of aryl methyl sites for hydroxylation is 1. The molecule has 1 heterocycles. The summed E-state index contributed by atoms with van der Waals surface area (Å²) in [5.74, 6) is 0.699. The minimum atomic E-state index is -0.782. The number of benzene rings is 2. The van der Waals surface area contributed by atoms with Gasteiger partial charge in [-0.3, -0.25) is 9.69 Å². The molecule has 2 fully saturated rings. The van der Waals surface area contributed by atoms with Crippen molar-refractivity contribution in [2.24, 2.45) is 0 Å². The summed E-state index contributed by atoms with van der Waals surface area (Å²) in [6.45, 7) is 3.86. The van der Waals surface area contributed by atoms with Gasteiger partial charge in [0, 0.05) is 18.8 Å². The van der Waals surface area contributed by atoms with Crippen LogP contribution < -0.4 is 5.32 Å². The Kier molecular flexibility index (Phi) is 6.55. The molecule has 1 aliphatic carbocycles. The summed E-state index contributed by atoms with van der Waals surface area (Å²) in [5, 5.41) is 14.1. The maximum absolute atomic E-state index is 12.5. The fraction of sp³-hybridized carbons (Fsp3) is 0.500. The molecule has 2 N–H and O–H groups in total. The summed E-state index contributed by atoms with van der Waals surface area (Å²) >= 11 is 0. The first-order chi connectivity index (χ1) is 14.5. The highest BCUT2D eigenvalue weighted by atomic mass is 16.3.